The molecule has 1 rings (SSSR count). The number of hydrogen-bond donors (Lipinski definition) is 1. The molecular weight excluding hydrogens is 232 g/mol. The summed E-state index contributed by atoms with van der Waals surface area (Å²) < 4.78 is 0. The van der Waals surface area contributed by atoms with Gasteiger partial charge in [0.2, 0.25) is 0 Å². The summed E-state index contributed by atoms with van der Waals surface area (Å²) in [5, 5.41) is 3.68. The van der Waals surface area contributed by atoms with Crippen molar-refractivity contribution in [3.8, 4) is 0 Å². The molecule has 19 heavy (non-hydrogen) atoms. The van der Waals surface area contributed by atoms with E-state index < -0.39 is 0 Å². The van der Waals surface area contributed by atoms with Crippen LogP contribution in [0.2, 0.25) is 0 Å². The molecule has 2 heteroatoms. The third-order valence-corrected chi connectivity index (χ3v) is 3.49. The molecule has 0 amide bonds. The van der Waals surface area contributed by atoms with E-state index in [4.69, 9.17) is 0 Å². The first-order chi connectivity index (χ1) is 9.04. The summed E-state index contributed by atoms with van der Waals surface area (Å²) in [6.45, 7) is 7.91. The Morgan fingerprint density at radius 2 is 1.68 bits per heavy atom. The topological polar surface area (TPSA) is 15.3 Å². The Bertz CT molecular complexity index is 341. The lowest BCUT2D eigenvalue weighted by Crippen LogP contribution is -2.22. The first kappa shape index (κ1) is 16.0. The number of rotatable bonds is 8. The third kappa shape index (κ3) is 5.65. The van der Waals surface area contributed by atoms with Gasteiger partial charge in [0.05, 0.1) is 0 Å². The summed E-state index contributed by atoms with van der Waals surface area (Å²) in [5.74, 6) is 0.770. The van der Waals surface area contributed by atoms with Crippen LogP contribution < -0.4 is 10.2 Å². The monoisotopic (exact) mass is 262 g/mol. The van der Waals surface area contributed by atoms with Crippen LogP contribution in [0.15, 0.2) is 24.3 Å². The van der Waals surface area contributed by atoms with Crippen molar-refractivity contribution >= 4 is 5.69 Å². The van der Waals surface area contributed by atoms with Crippen molar-refractivity contribution in [1.82, 2.24) is 5.32 Å². The number of benzene rings is 1. The van der Waals surface area contributed by atoms with E-state index >= 15 is 0 Å². The van der Waals surface area contributed by atoms with Gasteiger partial charge >= 0.3 is 0 Å². The first-order valence-corrected chi connectivity index (χ1v) is 7.55. The van der Waals surface area contributed by atoms with E-state index in [9.17, 15) is 0 Å². The fraction of sp³-hybridized carbons (Fsp3) is 0.647. The summed E-state index contributed by atoms with van der Waals surface area (Å²) in [6, 6.07) is 9.46. The minimum Gasteiger partial charge on any atom is -0.378 e. The van der Waals surface area contributed by atoms with E-state index in [0.29, 0.717) is 6.04 Å². The maximum atomic E-state index is 3.68. The van der Waals surface area contributed by atoms with Gasteiger partial charge in [-0.3, -0.25) is 0 Å². The highest BCUT2D eigenvalue weighted by molar-refractivity contribution is 5.46. The summed E-state index contributed by atoms with van der Waals surface area (Å²) in [7, 11) is 4.17. The fourth-order valence-electron chi connectivity index (χ4n) is 2.21. The Labute approximate surface area is 119 Å². The summed E-state index contributed by atoms with van der Waals surface area (Å²) in [4.78, 5) is 2.15. The molecule has 2 nitrogen and oxygen atoms in total. The Kier molecular flexibility index (Phi) is 6.93. The van der Waals surface area contributed by atoms with Crippen molar-refractivity contribution in [1.29, 1.82) is 0 Å². The second-order valence-corrected chi connectivity index (χ2v) is 5.96. The molecule has 0 saturated heterocycles. The van der Waals surface area contributed by atoms with Gasteiger partial charge in [-0.25, -0.2) is 0 Å². The minimum atomic E-state index is 0.499. The van der Waals surface area contributed by atoms with E-state index in [2.05, 4.69) is 69.3 Å². The number of hydrogen-bond acceptors (Lipinski definition) is 2. The van der Waals surface area contributed by atoms with Crippen molar-refractivity contribution in [3.63, 3.8) is 0 Å². The van der Waals surface area contributed by atoms with Gasteiger partial charge in [-0.05, 0) is 49.4 Å². The van der Waals surface area contributed by atoms with Crippen molar-refractivity contribution in [3.05, 3.63) is 29.8 Å². The highest BCUT2D eigenvalue weighted by Gasteiger charge is 2.11. The van der Waals surface area contributed by atoms with E-state index in [1.807, 2.05) is 0 Å². The summed E-state index contributed by atoms with van der Waals surface area (Å²) in [6.07, 6.45) is 3.68. The van der Waals surface area contributed by atoms with E-state index in [-0.39, 0.29) is 0 Å². The zero-order chi connectivity index (χ0) is 14.3. The average Bonchev–Trinajstić information content (AvgIpc) is 2.39. The van der Waals surface area contributed by atoms with Crippen LogP contribution >= 0.6 is 0 Å². The Hall–Kier alpha value is -1.02. The predicted octanol–water partition coefficient (Wildman–Crippen LogP) is 4.23. The number of nitrogens with zero attached hydrogens (tertiary/aromatic N) is 1. The smallest absolute Gasteiger partial charge is 0.0361 e. The Balaban J connectivity index is 2.71. The van der Waals surface area contributed by atoms with Crippen LogP contribution in [0.25, 0.3) is 0 Å². The molecule has 108 valence electrons. The summed E-state index contributed by atoms with van der Waals surface area (Å²) >= 11 is 0. The fourth-order valence-corrected chi connectivity index (χ4v) is 2.21. The average molecular weight is 262 g/mol. The SMILES string of the molecule is CCCNC(CCC(C)C)c1ccc(N(C)C)cc1. The van der Waals surface area contributed by atoms with Crippen molar-refractivity contribution < 1.29 is 0 Å². The second kappa shape index (κ2) is 8.21. The van der Waals surface area contributed by atoms with Crippen molar-refractivity contribution in [2.45, 2.75) is 46.1 Å². The van der Waals surface area contributed by atoms with Crippen LogP contribution in [0.1, 0.15) is 51.6 Å². The molecule has 1 aromatic carbocycles. The van der Waals surface area contributed by atoms with Gasteiger partial charge in [-0.1, -0.05) is 32.9 Å². The molecular formula is C17H30N2. The second-order valence-electron chi connectivity index (χ2n) is 5.96. The van der Waals surface area contributed by atoms with Crippen molar-refractivity contribution in [2.24, 2.45) is 5.92 Å². The number of anilines is 1. The molecule has 0 aliphatic heterocycles. The minimum absolute atomic E-state index is 0.499. The quantitative estimate of drug-likeness (QED) is 0.754. The van der Waals surface area contributed by atoms with Gasteiger partial charge in [0.25, 0.3) is 0 Å². The molecule has 0 saturated carbocycles. The molecule has 1 unspecified atom stereocenters. The van der Waals surface area contributed by atoms with E-state index in [1.165, 1.54) is 30.5 Å². The molecule has 0 bridgehead atoms. The van der Waals surface area contributed by atoms with E-state index in [0.717, 1.165) is 12.5 Å². The largest absolute Gasteiger partial charge is 0.378 e. The highest BCUT2D eigenvalue weighted by atomic mass is 15.1. The molecule has 0 fully saturated rings. The maximum Gasteiger partial charge on any atom is 0.0361 e. The maximum absolute atomic E-state index is 3.68. The van der Waals surface area contributed by atoms with Crippen LogP contribution in [-0.2, 0) is 0 Å². The van der Waals surface area contributed by atoms with Gasteiger partial charge in [-0.2, -0.15) is 0 Å². The Morgan fingerprint density at radius 1 is 1.05 bits per heavy atom. The normalized spacial score (nSPS) is 12.7. The van der Waals surface area contributed by atoms with Crippen LogP contribution in [-0.4, -0.2) is 20.6 Å². The Morgan fingerprint density at radius 3 is 2.16 bits per heavy atom. The first-order valence-electron chi connectivity index (χ1n) is 7.55. The van der Waals surface area contributed by atoms with Crippen LogP contribution in [0.5, 0.6) is 0 Å². The molecule has 1 atom stereocenters. The molecule has 0 spiro atoms. The number of nitrogens with one attached hydrogen (secondary N) is 1. The highest BCUT2D eigenvalue weighted by Crippen LogP contribution is 2.23. The van der Waals surface area contributed by atoms with Crippen LogP contribution in [0.3, 0.4) is 0 Å². The van der Waals surface area contributed by atoms with Crippen molar-refractivity contribution in [2.75, 3.05) is 25.5 Å². The van der Waals surface area contributed by atoms with Gasteiger partial charge in [-0.15, -0.1) is 0 Å². The van der Waals surface area contributed by atoms with Crippen LogP contribution in [0, 0.1) is 5.92 Å². The zero-order valence-corrected chi connectivity index (χ0v) is 13.2. The van der Waals surface area contributed by atoms with Crippen LogP contribution in [0.4, 0.5) is 5.69 Å². The summed E-state index contributed by atoms with van der Waals surface area (Å²) in [5.41, 5.74) is 2.68. The lowest BCUT2D eigenvalue weighted by atomic mass is 9.97. The predicted molar refractivity (Wildman–Crippen MR) is 85.9 cm³/mol. The van der Waals surface area contributed by atoms with Gasteiger partial charge < -0.3 is 10.2 Å². The lowest BCUT2D eigenvalue weighted by molar-refractivity contribution is 0.441. The molecule has 0 radical (unpaired) electrons. The van der Waals surface area contributed by atoms with Gasteiger partial charge in [0.1, 0.15) is 0 Å². The standard InChI is InChI=1S/C17H30N2/c1-6-13-18-17(12-7-14(2)3)15-8-10-16(11-9-15)19(4)5/h8-11,14,17-18H,6-7,12-13H2,1-5H3. The lowest BCUT2D eigenvalue weighted by Gasteiger charge is -2.21. The molecule has 0 aliphatic rings. The van der Waals surface area contributed by atoms with Gasteiger partial charge in [0, 0.05) is 25.8 Å². The molecule has 0 aromatic heterocycles. The molecule has 0 heterocycles. The zero-order valence-electron chi connectivity index (χ0n) is 13.2. The molecule has 1 aromatic rings. The van der Waals surface area contributed by atoms with E-state index in [1.54, 1.807) is 0 Å². The molecule has 0 aliphatic carbocycles. The molecule has 1 N–H and O–H groups in total. The third-order valence-electron chi connectivity index (χ3n) is 3.49. The van der Waals surface area contributed by atoms with Gasteiger partial charge in [0.15, 0.2) is 0 Å².